The van der Waals surface area contributed by atoms with E-state index in [9.17, 15) is 9.59 Å². The zero-order chi connectivity index (χ0) is 15.9. The van der Waals surface area contributed by atoms with Crippen molar-refractivity contribution < 1.29 is 23.8 Å². The van der Waals surface area contributed by atoms with Crippen LogP contribution in [0.5, 0.6) is 0 Å². The van der Waals surface area contributed by atoms with Crippen molar-refractivity contribution in [2.24, 2.45) is 28.1 Å². The summed E-state index contributed by atoms with van der Waals surface area (Å²) in [6.07, 6.45) is -0.0761. The summed E-state index contributed by atoms with van der Waals surface area (Å²) in [5.41, 5.74) is -1.68. The number of epoxide rings is 1. The molecule has 2 bridgehead atoms. The first-order chi connectivity index (χ1) is 10.1. The van der Waals surface area contributed by atoms with Crippen LogP contribution in [0.15, 0.2) is 0 Å². The van der Waals surface area contributed by atoms with E-state index in [1.54, 1.807) is 0 Å². The molecular formula is C17H22O5. The zero-order valence-corrected chi connectivity index (χ0v) is 13.6. The normalized spacial score (nSPS) is 60.7. The highest BCUT2D eigenvalue weighted by molar-refractivity contribution is 5.91. The zero-order valence-electron chi connectivity index (χ0n) is 13.6. The van der Waals surface area contributed by atoms with Crippen LogP contribution in [0.1, 0.15) is 41.0 Å². The fourth-order valence-electron chi connectivity index (χ4n) is 6.46. The van der Waals surface area contributed by atoms with Gasteiger partial charge in [0.1, 0.15) is 18.3 Å². The molecule has 1 spiro atoms. The highest BCUT2D eigenvalue weighted by Crippen LogP contribution is 2.80. The van der Waals surface area contributed by atoms with E-state index in [2.05, 4.69) is 34.6 Å². The van der Waals surface area contributed by atoms with Crippen molar-refractivity contribution in [3.05, 3.63) is 0 Å². The predicted molar refractivity (Wildman–Crippen MR) is 74.6 cm³/mol. The minimum absolute atomic E-state index is 0.0727. The molecule has 5 rings (SSSR count). The van der Waals surface area contributed by atoms with Gasteiger partial charge >= 0.3 is 11.9 Å². The lowest BCUT2D eigenvalue weighted by atomic mass is 9.46. The molecule has 8 atom stereocenters. The van der Waals surface area contributed by atoms with Crippen LogP contribution in [-0.4, -0.2) is 35.9 Å². The van der Waals surface area contributed by atoms with Gasteiger partial charge in [-0.25, -0.2) is 4.79 Å². The van der Waals surface area contributed by atoms with Crippen LogP contribution in [0.4, 0.5) is 0 Å². The van der Waals surface area contributed by atoms with Gasteiger partial charge in [-0.05, 0) is 17.3 Å². The molecule has 3 aliphatic heterocycles. The summed E-state index contributed by atoms with van der Waals surface area (Å²) in [6, 6.07) is 0. The van der Waals surface area contributed by atoms with Gasteiger partial charge in [0.15, 0.2) is 0 Å². The molecule has 22 heavy (non-hydrogen) atoms. The van der Waals surface area contributed by atoms with E-state index >= 15 is 0 Å². The van der Waals surface area contributed by atoms with Crippen molar-refractivity contribution in [3.8, 4) is 0 Å². The second-order valence-electron chi connectivity index (χ2n) is 9.26. The standard InChI is InChI=1S/C17H22O5/c1-14(2,3)8-9-12(18)20-10(8)11-16(5)15(9,4)6-7-17(16,22-7)13(19)21-11/h7-11H,6H2,1-5H3/t7-,8+,9?,10?,11-,15+,16-,17+/m1/s1. The molecule has 5 aliphatic rings. The van der Waals surface area contributed by atoms with Gasteiger partial charge in [0, 0.05) is 5.92 Å². The average Bonchev–Trinajstić information content (AvgIpc) is 2.85. The SMILES string of the molecule is CC(C)(C)[C@@H]1C2OC(=O)C1[C@]1(C)C[C@H]3O[C@]34C(=O)O[C@H]2[C@]14C. The van der Waals surface area contributed by atoms with Crippen LogP contribution < -0.4 is 0 Å². The molecule has 0 aromatic heterocycles. The van der Waals surface area contributed by atoms with Crippen LogP contribution in [0.3, 0.4) is 0 Å². The molecule has 0 radical (unpaired) electrons. The molecule has 3 heterocycles. The summed E-state index contributed by atoms with van der Waals surface area (Å²) in [5.74, 6) is -0.467. The van der Waals surface area contributed by atoms with Gasteiger partial charge in [-0.3, -0.25) is 4.79 Å². The van der Waals surface area contributed by atoms with Gasteiger partial charge in [-0.1, -0.05) is 34.6 Å². The Hall–Kier alpha value is -1.10. The number of rotatable bonds is 0. The predicted octanol–water partition coefficient (Wildman–Crippen LogP) is 1.68. The molecule has 2 aliphatic carbocycles. The number of carbonyl (C=O) groups excluding carboxylic acids is 2. The minimum atomic E-state index is -0.820. The largest absolute Gasteiger partial charge is 0.458 e. The first-order valence-corrected chi connectivity index (χ1v) is 8.18. The summed E-state index contributed by atoms with van der Waals surface area (Å²) in [7, 11) is 0. The fraction of sp³-hybridized carbons (Fsp3) is 0.882. The molecule has 5 heteroatoms. The maximum absolute atomic E-state index is 12.7. The third-order valence-electron chi connectivity index (χ3n) is 7.60. The maximum Gasteiger partial charge on any atom is 0.342 e. The molecule has 5 fully saturated rings. The lowest BCUT2D eigenvalue weighted by Gasteiger charge is -2.55. The molecular weight excluding hydrogens is 284 g/mol. The second kappa shape index (κ2) is 3.10. The Bertz CT molecular complexity index is 635. The molecule has 0 N–H and O–H groups in total. The van der Waals surface area contributed by atoms with Crippen molar-refractivity contribution in [1.82, 2.24) is 0 Å². The summed E-state index contributed by atoms with van der Waals surface area (Å²) in [5, 5.41) is 0. The van der Waals surface area contributed by atoms with Crippen molar-refractivity contribution >= 4 is 11.9 Å². The second-order valence-corrected chi connectivity index (χ2v) is 9.26. The van der Waals surface area contributed by atoms with Crippen molar-refractivity contribution in [2.75, 3.05) is 0 Å². The number of ether oxygens (including phenoxy) is 3. The van der Waals surface area contributed by atoms with Crippen LogP contribution in [0, 0.1) is 28.1 Å². The first-order valence-electron chi connectivity index (χ1n) is 8.18. The van der Waals surface area contributed by atoms with Gasteiger partial charge in [0.2, 0.25) is 5.60 Å². The maximum atomic E-state index is 12.7. The number of hydrogen-bond acceptors (Lipinski definition) is 5. The average molecular weight is 306 g/mol. The molecule has 0 amide bonds. The molecule has 2 saturated carbocycles. The molecule has 2 unspecified atom stereocenters. The van der Waals surface area contributed by atoms with Crippen LogP contribution in [0.25, 0.3) is 0 Å². The Balaban J connectivity index is 1.76. The van der Waals surface area contributed by atoms with Crippen molar-refractivity contribution in [3.63, 3.8) is 0 Å². The van der Waals surface area contributed by atoms with Gasteiger partial charge in [0.05, 0.1) is 11.3 Å². The minimum Gasteiger partial charge on any atom is -0.458 e. The summed E-state index contributed by atoms with van der Waals surface area (Å²) in [4.78, 5) is 25.2. The van der Waals surface area contributed by atoms with E-state index in [0.29, 0.717) is 0 Å². The number of fused-ring (bicyclic) bond motifs is 4. The van der Waals surface area contributed by atoms with E-state index in [1.165, 1.54) is 0 Å². The highest BCUT2D eigenvalue weighted by atomic mass is 16.7. The topological polar surface area (TPSA) is 65.1 Å². The third-order valence-corrected chi connectivity index (χ3v) is 7.60. The lowest BCUT2D eigenvalue weighted by molar-refractivity contribution is -0.170. The summed E-state index contributed by atoms with van der Waals surface area (Å²) < 4.78 is 17.4. The van der Waals surface area contributed by atoms with Gasteiger partial charge in [0.25, 0.3) is 0 Å². The van der Waals surface area contributed by atoms with Crippen molar-refractivity contribution in [2.45, 2.75) is 65.0 Å². The first kappa shape index (κ1) is 13.3. The Morgan fingerprint density at radius 1 is 1.14 bits per heavy atom. The Kier molecular flexibility index (Phi) is 1.88. The van der Waals surface area contributed by atoms with E-state index < -0.39 is 11.0 Å². The van der Waals surface area contributed by atoms with Crippen LogP contribution in [-0.2, 0) is 23.8 Å². The Morgan fingerprint density at radius 2 is 1.82 bits per heavy atom. The smallest absolute Gasteiger partial charge is 0.342 e. The van der Waals surface area contributed by atoms with Crippen molar-refractivity contribution in [1.29, 1.82) is 0 Å². The fourth-order valence-corrected chi connectivity index (χ4v) is 6.46. The molecule has 0 aromatic carbocycles. The van der Waals surface area contributed by atoms with Gasteiger partial charge < -0.3 is 14.2 Å². The molecule has 3 saturated heterocycles. The third kappa shape index (κ3) is 0.973. The van der Waals surface area contributed by atoms with E-state index in [4.69, 9.17) is 14.2 Å². The lowest BCUT2D eigenvalue weighted by Crippen LogP contribution is -2.63. The number of hydrogen-bond donors (Lipinski definition) is 0. The highest BCUT2D eigenvalue weighted by Gasteiger charge is 2.94. The quantitative estimate of drug-likeness (QED) is 0.503. The Labute approximate surface area is 129 Å². The van der Waals surface area contributed by atoms with Crippen LogP contribution in [0.2, 0.25) is 0 Å². The number of esters is 2. The molecule has 0 aromatic rings. The summed E-state index contributed by atoms with van der Waals surface area (Å²) >= 11 is 0. The van der Waals surface area contributed by atoms with E-state index in [-0.39, 0.29) is 52.9 Å². The van der Waals surface area contributed by atoms with E-state index in [1.807, 2.05) is 0 Å². The van der Waals surface area contributed by atoms with Gasteiger partial charge in [-0.2, -0.15) is 0 Å². The molecule has 120 valence electrons. The van der Waals surface area contributed by atoms with Gasteiger partial charge in [-0.15, -0.1) is 0 Å². The Morgan fingerprint density at radius 3 is 2.45 bits per heavy atom. The molecule has 5 nitrogen and oxygen atoms in total. The van der Waals surface area contributed by atoms with E-state index in [0.717, 1.165) is 6.42 Å². The monoisotopic (exact) mass is 306 g/mol. The number of carbonyl (C=O) groups is 2. The van der Waals surface area contributed by atoms with Crippen LogP contribution >= 0.6 is 0 Å². The summed E-state index contributed by atoms with van der Waals surface area (Å²) in [6.45, 7) is 10.7.